The maximum absolute atomic E-state index is 13.1. The Kier molecular flexibility index (Phi) is 8.47. The summed E-state index contributed by atoms with van der Waals surface area (Å²) in [4.78, 5) is 38.8. The molecule has 0 aliphatic carbocycles. The minimum Gasteiger partial charge on any atom is -0.493 e. The van der Waals surface area contributed by atoms with Crippen molar-refractivity contribution in [2.75, 3.05) is 25.2 Å². The van der Waals surface area contributed by atoms with E-state index in [2.05, 4.69) is 21.2 Å². The van der Waals surface area contributed by atoms with Crippen molar-refractivity contribution in [3.8, 4) is 17.2 Å². The highest BCUT2D eigenvalue weighted by Crippen LogP contribution is 2.30. The van der Waals surface area contributed by atoms with E-state index in [0.29, 0.717) is 47.4 Å². The van der Waals surface area contributed by atoms with Crippen LogP contribution in [0.1, 0.15) is 12.0 Å². The number of carbonyl (C=O) groups is 3. The second kappa shape index (κ2) is 11.9. The first kappa shape index (κ1) is 26.2. The van der Waals surface area contributed by atoms with Gasteiger partial charge >= 0.3 is 6.03 Å². The third-order valence-corrected chi connectivity index (χ3v) is 6.09. The number of methoxy groups -OCH3 is 1. The zero-order valence-electron chi connectivity index (χ0n) is 19.7. The number of imide groups is 2. The van der Waals surface area contributed by atoms with Crippen LogP contribution in [0.4, 0.5) is 10.5 Å². The standard InChI is InChI=1S/C27H22BrClN2O6/c1-35-24-16-17(3-12-23(24)37-14-2-13-36-21-10-6-19(29)7-11-21)15-22-25(32)30-27(34)31(26(22)33)20-8-4-18(28)5-9-20/h3-12,15-16H,2,13-14H2,1H3,(H,30,32,34). The number of amides is 4. The highest BCUT2D eigenvalue weighted by atomic mass is 79.9. The summed E-state index contributed by atoms with van der Waals surface area (Å²) in [6.07, 6.45) is 2.04. The van der Waals surface area contributed by atoms with E-state index in [0.717, 1.165) is 15.1 Å². The molecule has 10 heteroatoms. The molecule has 0 spiro atoms. The van der Waals surface area contributed by atoms with Crippen molar-refractivity contribution < 1.29 is 28.6 Å². The number of hydrogen-bond acceptors (Lipinski definition) is 6. The van der Waals surface area contributed by atoms with Crippen molar-refractivity contribution in [2.45, 2.75) is 6.42 Å². The highest BCUT2D eigenvalue weighted by Gasteiger charge is 2.36. The number of halogens is 2. The molecule has 0 saturated carbocycles. The number of rotatable bonds is 9. The predicted octanol–water partition coefficient (Wildman–Crippen LogP) is 5.63. The molecule has 3 aromatic rings. The molecule has 1 aliphatic rings. The molecule has 0 unspecified atom stereocenters. The third kappa shape index (κ3) is 6.49. The molecule has 0 atom stereocenters. The van der Waals surface area contributed by atoms with Crippen molar-refractivity contribution in [1.29, 1.82) is 0 Å². The molecule has 4 amide bonds. The fraction of sp³-hybridized carbons (Fsp3) is 0.148. The predicted molar refractivity (Wildman–Crippen MR) is 143 cm³/mol. The molecule has 0 aromatic heterocycles. The van der Waals surface area contributed by atoms with Gasteiger partial charge in [0.05, 0.1) is 26.0 Å². The average molecular weight is 586 g/mol. The Morgan fingerprint density at radius 2 is 1.62 bits per heavy atom. The summed E-state index contributed by atoms with van der Waals surface area (Å²) >= 11 is 9.19. The van der Waals surface area contributed by atoms with Crippen molar-refractivity contribution in [2.24, 2.45) is 0 Å². The molecule has 3 aromatic carbocycles. The van der Waals surface area contributed by atoms with Crippen LogP contribution in [0.25, 0.3) is 6.08 Å². The van der Waals surface area contributed by atoms with E-state index in [-0.39, 0.29) is 5.57 Å². The van der Waals surface area contributed by atoms with Crippen molar-refractivity contribution in [3.05, 3.63) is 87.4 Å². The Labute approximate surface area is 226 Å². The number of benzene rings is 3. The average Bonchev–Trinajstić information content (AvgIpc) is 2.89. The quantitative estimate of drug-likeness (QED) is 0.199. The molecular formula is C27H22BrClN2O6. The van der Waals surface area contributed by atoms with Crippen LogP contribution in [0.3, 0.4) is 0 Å². The number of barbiturate groups is 1. The van der Waals surface area contributed by atoms with Gasteiger partial charge < -0.3 is 14.2 Å². The van der Waals surface area contributed by atoms with Gasteiger partial charge in [-0.15, -0.1) is 0 Å². The Hall–Kier alpha value is -3.82. The Balaban J connectivity index is 1.42. The minimum absolute atomic E-state index is 0.183. The lowest BCUT2D eigenvalue weighted by molar-refractivity contribution is -0.122. The summed E-state index contributed by atoms with van der Waals surface area (Å²) in [6.45, 7) is 0.842. The van der Waals surface area contributed by atoms with Gasteiger partial charge in [0.25, 0.3) is 11.8 Å². The van der Waals surface area contributed by atoms with Gasteiger partial charge in [-0.1, -0.05) is 33.6 Å². The Morgan fingerprint density at radius 1 is 0.919 bits per heavy atom. The smallest absolute Gasteiger partial charge is 0.335 e. The summed E-state index contributed by atoms with van der Waals surface area (Å²) in [5.74, 6) is 0.153. The van der Waals surface area contributed by atoms with E-state index in [4.69, 9.17) is 25.8 Å². The Bertz CT molecular complexity index is 1340. The van der Waals surface area contributed by atoms with Crippen LogP contribution in [-0.4, -0.2) is 38.2 Å². The first-order chi connectivity index (χ1) is 17.9. The van der Waals surface area contributed by atoms with Gasteiger partial charge in [0, 0.05) is 15.9 Å². The third-order valence-electron chi connectivity index (χ3n) is 5.31. The van der Waals surface area contributed by atoms with E-state index in [1.807, 2.05) is 0 Å². The van der Waals surface area contributed by atoms with Crippen LogP contribution in [0.5, 0.6) is 17.2 Å². The van der Waals surface area contributed by atoms with E-state index >= 15 is 0 Å². The van der Waals surface area contributed by atoms with Crippen LogP contribution in [0.15, 0.2) is 76.8 Å². The van der Waals surface area contributed by atoms with Gasteiger partial charge in [-0.05, 0) is 72.3 Å². The lowest BCUT2D eigenvalue weighted by atomic mass is 10.1. The Morgan fingerprint density at radius 3 is 2.32 bits per heavy atom. The van der Waals surface area contributed by atoms with Gasteiger partial charge in [-0.3, -0.25) is 14.9 Å². The maximum atomic E-state index is 13.1. The molecule has 1 aliphatic heterocycles. The molecular weight excluding hydrogens is 564 g/mol. The number of nitrogens with zero attached hydrogens (tertiary/aromatic N) is 1. The van der Waals surface area contributed by atoms with Gasteiger partial charge in [0.2, 0.25) is 0 Å². The van der Waals surface area contributed by atoms with Gasteiger partial charge in [-0.2, -0.15) is 0 Å². The topological polar surface area (TPSA) is 94.2 Å². The molecule has 1 heterocycles. The lowest BCUT2D eigenvalue weighted by Crippen LogP contribution is -2.54. The van der Waals surface area contributed by atoms with Crippen LogP contribution in [0, 0.1) is 0 Å². The zero-order valence-corrected chi connectivity index (χ0v) is 22.0. The fourth-order valence-corrected chi connectivity index (χ4v) is 3.89. The summed E-state index contributed by atoms with van der Waals surface area (Å²) in [6, 6.07) is 17.9. The van der Waals surface area contributed by atoms with Crippen molar-refractivity contribution >= 4 is 57.1 Å². The zero-order chi connectivity index (χ0) is 26.4. The number of hydrogen-bond donors (Lipinski definition) is 1. The van der Waals surface area contributed by atoms with Crippen molar-refractivity contribution in [1.82, 2.24) is 5.32 Å². The fourth-order valence-electron chi connectivity index (χ4n) is 3.50. The highest BCUT2D eigenvalue weighted by molar-refractivity contribution is 9.10. The first-order valence-corrected chi connectivity index (χ1v) is 12.4. The molecule has 0 radical (unpaired) electrons. The summed E-state index contributed by atoms with van der Waals surface area (Å²) in [5.41, 5.74) is 0.682. The number of urea groups is 1. The van der Waals surface area contributed by atoms with Crippen LogP contribution in [-0.2, 0) is 9.59 Å². The van der Waals surface area contributed by atoms with Crippen LogP contribution < -0.4 is 24.4 Å². The van der Waals surface area contributed by atoms with Gasteiger partial charge in [0.1, 0.15) is 11.3 Å². The van der Waals surface area contributed by atoms with E-state index in [9.17, 15) is 14.4 Å². The van der Waals surface area contributed by atoms with E-state index in [1.54, 1.807) is 66.7 Å². The largest absolute Gasteiger partial charge is 0.493 e. The monoisotopic (exact) mass is 584 g/mol. The number of carbonyl (C=O) groups excluding carboxylic acids is 3. The SMILES string of the molecule is COc1cc(C=C2C(=O)NC(=O)N(c3ccc(Br)cc3)C2=O)ccc1OCCCOc1ccc(Cl)cc1. The summed E-state index contributed by atoms with van der Waals surface area (Å²) < 4.78 is 17.7. The summed E-state index contributed by atoms with van der Waals surface area (Å²) in [7, 11) is 1.50. The van der Waals surface area contributed by atoms with E-state index < -0.39 is 17.8 Å². The molecule has 1 saturated heterocycles. The number of nitrogens with one attached hydrogen (secondary N) is 1. The second-order valence-corrected chi connectivity index (χ2v) is 9.20. The van der Waals surface area contributed by atoms with Crippen LogP contribution in [0.2, 0.25) is 5.02 Å². The molecule has 37 heavy (non-hydrogen) atoms. The lowest BCUT2D eigenvalue weighted by Gasteiger charge is -2.26. The summed E-state index contributed by atoms with van der Waals surface area (Å²) in [5, 5.41) is 2.85. The van der Waals surface area contributed by atoms with Gasteiger partial charge in [-0.25, -0.2) is 9.69 Å². The number of ether oxygens (including phenoxy) is 3. The second-order valence-electron chi connectivity index (χ2n) is 7.85. The van der Waals surface area contributed by atoms with Gasteiger partial charge in [0.15, 0.2) is 11.5 Å². The molecule has 190 valence electrons. The van der Waals surface area contributed by atoms with E-state index in [1.165, 1.54) is 13.2 Å². The minimum atomic E-state index is -0.809. The number of anilines is 1. The molecule has 4 rings (SSSR count). The molecule has 1 N–H and O–H groups in total. The molecule has 1 fully saturated rings. The van der Waals surface area contributed by atoms with Crippen LogP contribution >= 0.6 is 27.5 Å². The molecule has 8 nitrogen and oxygen atoms in total. The van der Waals surface area contributed by atoms with Crippen molar-refractivity contribution in [3.63, 3.8) is 0 Å². The first-order valence-electron chi connectivity index (χ1n) is 11.2. The maximum Gasteiger partial charge on any atom is 0.335 e. The molecule has 0 bridgehead atoms. The normalized spacial score (nSPS) is 14.5.